The fourth-order valence-electron chi connectivity index (χ4n) is 0.737. The SMILES string of the molecule is CCCC#CC(=O)c1ccco1. The van der Waals surface area contributed by atoms with Crippen molar-refractivity contribution in [2.75, 3.05) is 0 Å². The number of unbranched alkanes of at least 4 members (excludes halogenated alkanes) is 1. The van der Waals surface area contributed by atoms with Crippen LogP contribution in [0.5, 0.6) is 0 Å². The van der Waals surface area contributed by atoms with Crippen molar-refractivity contribution in [1.82, 2.24) is 0 Å². The maximum absolute atomic E-state index is 11.1. The molecule has 2 nitrogen and oxygen atoms in total. The van der Waals surface area contributed by atoms with Crippen LogP contribution >= 0.6 is 0 Å². The zero-order chi connectivity index (χ0) is 8.81. The van der Waals surface area contributed by atoms with Gasteiger partial charge in [-0.3, -0.25) is 4.79 Å². The highest BCUT2D eigenvalue weighted by atomic mass is 16.3. The van der Waals surface area contributed by atoms with E-state index in [1.807, 2.05) is 6.92 Å². The molecule has 0 radical (unpaired) electrons. The molecule has 62 valence electrons. The third-order valence-electron chi connectivity index (χ3n) is 1.32. The second-order valence-corrected chi connectivity index (χ2v) is 2.36. The van der Waals surface area contributed by atoms with Crippen molar-refractivity contribution in [2.24, 2.45) is 0 Å². The lowest BCUT2D eigenvalue weighted by molar-refractivity contribution is 0.103. The smallest absolute Gasteiger partial charge is 0.271 e. The number of ketones is 1. The van der Waals surface area contributed by atoms with Gasteiger partial charge in [0.1, 0.15) is 0 Å². The Labute approximate surface area is 71.6 Å². The van der Waals surface area contributed by atoms with Crippen molar-refractivity contribution in [1.29, 1.82) is 0 Å². The van der Waals surface area contributed by atoms with Crippen molar-refractivity contribution < 1.29 is 9.21 Å². The second kappa shape index (κ2) is 4.40. The molecule has 0 spiro atoms. The number of hydrogen-bond donors (Lipinski definition) is 0. The number of furan rings is 1. The van der Waals surface area contributed by atoms with E-state index in [1.165, 1.54) is 6.26 Å². The Morgan fingerprint density at radius 2 is 2.50 bits per heavy atom. The molecule has 0 saturated carbocycles. The molecule has 0 saturated heterocycles. The van der Waals surface area contributed by atoms with Gasteiger partial charge in [-0.25, -0.2) is 0 Å². The van der Waals surface area contributed by atoms with Crippen molar-refractivity contribution >= 4 is 5.78 Å². The van der Waals surface area contributed by atoms with Gasteiger partial charge in [-0.1, -0.05) is 12.8 Å². The molecule has 0 aliphatic rings. The lowest BCUT2D eigenvalue weighted by Crippen LogP contribution is -1.90. The van der Waals surface area contributed by atoms with Crippen molar-refractivity contribution in [3.63, 3.8) is 0 Å². The molecule has 0 aliphatic carbocycles. The van der Waals surface area contributed by atoms with Gasteiger partial charge in [0.25, 0.3) is 5.78 Å². The zero-order valence-corrected chi connectivity index (χ0v) is 6.96. The van der Waals surface area contributed by atoms with Crippen molar-refractivity contribution in [3.8, 4) is 11.8 Å². The average molecular weight is 162 g/mol. The van der Waals surface area contributed by atoms with Crippen LogP contribution in [-0.2, 0) is 0 Å². The molecular weight excluding hydrogens is 152 g/mol. The van der Waals surface area contributed by atoms with E-state index in [-0.39, 0.29) is 5.78 Å². The average Bonchev–Trinajstić information content (AvgIpc) is 2.56. The van der Waals surface area contributed by atoms with Crippen molar-refractivity contribution in [3.05, 3.63) is 24.2 Å². The van der Waals surface area contributed by atoms with Gasteiger partial charge in [-0.2, -0.15) is 0 Å². The minimum absolute atomic E-state index is 0.242. The lowest BCUT2D eigenvalue weighted by Gasteiger charge is -1.82. The standard InChI is InChI=1S/C10H10O2/c1-2-3-4-6-9(11)10-7-5-8-12-10/h5,7-8H,2-3H2,1H3. The molecule has 0 fully saturated rings. The largest absolute Gasteiger partial charge is 0.460 e. The van der Waals surface area contributed by atoms with E-state index >= 15 is 0 Å². The first-order valence-electron chi connectivity index (χ1n) is 3.91. The first-order valence-corrected chi connectivity index (χ1v) is 3.91. The number of rotatable bonds is 2. The molecule has 0 bridgehead atoms. The zero-order valence-electron chi connectivity index (χ0n) is 6.96. The van der Waals surface area contributed by atoms with Crippen LogP contribution in [0.4, 0.5) is 0 Å². The normalized spacial score (nSPS) is 8.75. The predicted molar refractivity (Wildman–Crippen MR) is 45.7 cm³/mol. The van der Waals surface area contributed by atoms with E-state index in [4.69, 9.17) is 4.42 Å². The van der Waals surface area contributed by atoms with Gasteiger partial charge in [0.05, 0.1) is 6.26 Å². The number of carbonyl (C=O) groups excluding carboxylic acids is 1. The first kappa shape index (κ1) is 8.61. The van der Waals surface area contributed by atoms with E-state index in [2.05, 4.69) is 11.8 Å². The summed E-state index contributed by atoms with van der Waals surface area (Å²) >= 11 is 0. The highest BCUT2D eigenvalue weighted by Gasteiger charge is 2.02. The molecule has 0 aromatic carbocycles. The Balaban J connectivity index is 2.57. The third kappa shape index (κ3) is 2.28. The highest BCUT2D eigenvalue weighted by molar-refractivity contribution is 6.06. The van der Waals surface area contributed by atoms with Crippen molar-refractivity contribution in [2.45, 2.75) is 19.8 Å². The van der Waals surface area contributed by atoms with Gasteiger partial charge in [0.2, 0.25) is 0 Å². The summed E-state index contributed by atoms with van der Waals surface area (Å²) in [6, 6.07) is 3.29. The van der Waals surface area contributed by atoms with Gasteiger partial charge in [0.15, 0.2) is 5.76 Å². The summed E-state index contributed by atoms with van der Waals surface area (Å²) < 4.78 is 4.87. The molecule has 1 rings (SSSR count). The highest BCUT2D eigenvalue weighted by Crippen LogP contribution is 1.99. The molecule has 0 unspecified atom stereocenters. The molecule has 2 heteroatoms. The molecule has 1 aromatic rings. The Hall–Kier alpha value is -1.49. The van der Waals surface area contributed by atoms with E-state index < -0.39 is 0 Å². The van der Waals surface area contributed by atoms with Crippen LogP contribution < -0.4 is 0 Å². The summed E-state index contributed by atoms with van der Waals surface area (Å²) in [5, 5.41) is 0. The summed E-state index contributed by atoms with van der Waals surface area (Å²) in [4.78, 5) is 11.1. The van der Waals surface area contributed by atoms with E-state index in [9.17, 15) is 4.79 Å². The first-order chi connectivity index (χ1) is 5.84. The molecule has 0 amide bonds. The fourth-order valence-corrected chi connectivity index (χ4v) is 0.737. The molecular formula is C10H10O2. The Morgan fingerprint density at radius 3 is 3.08 bits per heavy atom. The maximum atomic E-state index is 11.1. The van der Waals surface area contributed by atoms with Gasteiger partial charge < -0.3 is 4.42 Å². The summed E-state index contributed by atoms with van der Waals surface area (Å²) in [6.07, 6.45) is 3.19. The minimum atomic E-state index is -0.242. The molecule has 0 aliphatic heterocycles. The summed E-state index contributed by atoms with van der Waals surface area (Å²) in [7, 11) is 0. The van der Waals surface area contributed by atoms with Gasteiger partial charge in [-0.05, 0) is 24.5 Å². The summed E-state index contributed by atoms with van der Waals surface area (Å²) in [5.74, 6) is 5.34. The van der Waals surface area contributed by atoms with Gasteiger partial charge in [-0.15, -0.1) is 0 Å². The molecule has 1 heterocycles. The van der Waals surface area contributed by atoms with Crippen LogP contribution in [0, 0.1) is 11.8 Å². The van der Waals surface area contributed by atoms with Gasteiger partial charge >= 0.3 is 0 Å². The summed E-state index contributed by atoms with van der Waals surface area (Å²) in [5.41, 5.74) is 0. The van der Waals surface area contributed by atoms with Crippen LogP contribution in [0.1, 0.15) is 30.3 Å². The van der Waals surface area contributed by atoms with E-state index in [0.717, 1.165) is 12.8 Å². The fraction of sp³-hybridized carbons (Fsp3) is 0.300. The quantitative estimate of drug-likeness (QED) is 0.379. The van der Waals surface area contributed by atoms with Crippen LogP contribution in [-0.4, -0.2) is 5.78 Å². The van der Waals surface area contributed by atoms with Crippen LogP contribution in [0.25, 0.3) is 0 Å². The molecule has 0 atom stereocenters. The Morgan fingerprint density at radius 1 is 1.67 bits per heavy atom. The molecule has 1 aromatic heterocycles. The van der Waals surface area contributed by atoms with Crippen LogP contribution in [0.3, 0.4) is 0 Å². The monoisotopic (exact) mass is 162 g/mol. The maximum Gasteiger partial charge on any atom is 0.271 e. The Bertz CT molecular complexity index is 298. The predicted octanol–water partition coefficient (Wildman–Crippen LogP) is 2.27. The van der Waals surface area contributed by atoms with E-state index in [0.29, 0.717) is 5.76 Å². The number of hydrogen-bond acceptors (Lipinski definition) is 2. The lowest BCUT2D eigenvalue weighted by atomic mass is 10.3. The van der Waals surface area contributed by atoms with Crippen LogP contribution in [0.2, 0.25) is 0 Å². The van der Waals surface area contributed by atoms with Gasteiger partial charge in [0, 0.05) is 6.42 Å². The van der Waals surface area contributed by atoms with Crippen LogP contribution in [0.15, 0.2) is 22.8 Å². The minimum Gasteiger partial charge on any atom is -0.460 e. The topological polar surface area (TPSA) is 30.2 Å². The number of carbonyl (C=O) groups is 1. The molecule has 0 N–H and O–H groups in total. The Kier molecular flexibility index (Phi) is 3.16. The summed E-state index contributed by atoms with van der Waals surface area (Å²) in [6.45, 7) is 2.02. The second-order valence-electron chi connectivity index (χ2n) is 2.36. The number of Topliss-reactive ketones (excluding diaryl/α,β-unsaturated/α-hetero) is 1. The molecule has 12 heavy (non-hydrogen) atoms. The third-order valence-corrected chi connectivity index (χ3v) is 1.32. The van der Waals surface area contributed by atoms with E-state index in [1.54, 1.807) is 12.1 Å².